The molecule has 0 aliphatic carbocycles. The highest BCUT2D eigenvalue weighted by Crippen LogP contribution is 2.25. The Labute approximate surface area is 162 Å². The van der Waals surface area contributed by atoms with Gasteiger partial charge in [-0.15, -0.1) is 0 Å². The first-order chi connectivity index (χ1) is 13.4. The molecule has 146 valence electrons. The van der Waals surface area contributed by atoms with Crippen molar-refractivity contribution >= 4 is 34.9 Å². The van der Waals surface area contributed by atoms with E-state index in [1.54, 1.807) is 42.3 Å². The number of carbonyl (C=O) groups is 3. The average Bonchev–Trinajstić information content (AvgIpc) is 3.01. The summed E-state index contributed by atoms with van der Waals surface area (Å²) in [4.78, 5) is 37.4. The van der Waals surface area contributed by atoms with E-state index in [0.29, 0.717) is 23.7 Å². The number of nitrogens with zero attached hydrogens (tertiary/aromatic N) is 1. The summed E-state index contributed by atoms with van der Waals surface area (Å²) in [6, 6.07) is 13.3. The molecule has 0 unspecified atom stereocenters. The van der Waals surface area contributed by atoms with Gasteiger partial charge in [-0.3, -0.25) is 9.59 Å². The van der Waals surface area contributed by atoms with Crippen LogP contribution in [0.25, 0.3) is 0 Å². The molecule has 2 aromatic carbocycles. The number of hydrogen-bond donors (Lipinski definition) is 3. The van der Waals surface area contributed by atoms with Gasteiger partial charge in [-0.05, 0) is 30.3 Å². The smallest absolute Gasteiger partial charge is 0.319 e. The van der Waals surface area contributed by atoms with Gasteiger partial charge in [0.25, 0.3) is 0 Å². The lowest BCUT2D eigenvalue weighted by Crippen LogP contribution is -2.39. The molecule has 1 aliphatic heterocycles. The molecular weight excluding hydrogens is 360 g/mol. The molecule has 1 heterocycles. The van der Waals surface area contributed by atoms with E-state index in [-0.39, 0.29) is 24.3 Å². The number of amides is 4. The number of benzene rings is 2. The van der Waals surface area contributed by atoms with Crippen molar-refractivity contribution in [2.45, 2.75) is 19.4 Å². The van der Waals surface area contributed by atoms with Gasteiger partial charge in [0.2, 0.25) is 11.8 Å². The summed E-state index contributed by atoms with van der Waals surface area (Å²) >= 11 is 0. The highest BCUT2D eigenvalue weighted by molar-refractivity contribution is 5.98. The summed E-state index contributed by atoms with van der Waals surface area (Å²) in [6.45, 7) is 1.79. The first-order valence-electron chi connectivity index (χ1n) is 8.84. The van der Waals surface area contributed by atoms with Crippen LogP contribution in [-0.2, 0) is 9.59 Å². The number of anilines is 3. The molecule has 3 N–H and O–H groups in total. The molecule has 1 saturated heterocycles. The predicted molar refractivity (Wildman–Crippen MR) is 107 cm³/mol. The number of carbonyl (C=O) groups excluding carboxylic acids is 3. The first-order valence-corrected chi connectivity index (χ1v) is 8.84. The fraction of sp³-hybridized carbons (Fsp3) is 0.250. The Balaban J connectivity index is 1.59. The maximum atomic E-state index is 12.3. The fourth-order valence-electron chi connectivity index (χ4n) is 3.06. The third-order valence-corrected chi connectivity index (χ3v) is 4.27. The number of rotatable bonds is 5. The molecule has 0 radical (unpaired) electrons. The Hall–Kier alpha value is -3.55. The molecule has 2 aromatic rings. The van der Waals surface area contributed by atoms with Crippen LogP contribution >= 0.6 is 0 Å². The van der Waals surface area contributed by atoms with Crippen LogP contribution in [-0.4, -0.2) is 37.5 Å². The van der Waals surface area contributed by atoms with Gasteiger partial charge in [-0.1, -0.05) is 12.1 Å². The molecule has 0 bridgehead atoms. The summed E-state index contributed by atoms with van der Waals surface area (Å²) in [7, 11) is 1.57. The summed E-state index contributed by atoms with van der Waals surface area (Å²) < 4.78 is 5.20. The monoisotopic (exact) mass is 382 g/mol. The van der Waals surface area contributed by atoms with Gasteiger partial charge < -0.3 is 25.6 Å². The molecule has 0 saturated carbocycles. The summed E-state index contributed by atoms with van der Waals surface area (Å²) in [5, 5.41) is 8.19. The van der Waals surface area contributed by atoms with E-state index in [1.807, 2.05) is 18.2 Å². The minimum Gasteiger partial charge on any atom is -0.497 e. The molecule has 8 heteroatoms. The van der Waals surface area contributed by atoms with Crippen molar-refractivity contribution in [3.05, 3.63) is 48.5 Å². The predicted octanol–water partition coefficient (Wildman–Crippen LogP) is 2.58. The number of urea groups is 1. The van der Waals surface area contributed by atoms with Gasteiger partial charge in [0, 0.05) is 43.0 Å². The lowest BCUT2D eigenvalue weighted by Gasteiger charge is -2.18. The number of nitrogens with one attached hydrogen (secondary N) is 3. The van der Waals surface area contributed by atoms with E-state index in [2.05, 4.69) is 16.0 Å². The third-order valence-electron chi connectivity index (χ3n) is 4.27. The van der Waals surface area contributed by atoms with E-state index in [4.69, 9.17) is 4.74 Å². The van der Waals surface area contributed by atoms with Crippen molar-refractivity contribution in [1.29, 1.82) is 0 Å². The zero-order valence-corrected chi connectivity index (χ0v) is 15.7. The maximum absolute atomic E-state index is 12.3. The van der Waals surface area contributed by atoms with Gasteiger partial charge in [-0.25, -0.2) is 4.79 Å². The second-order valence-electron chi connectivity index (χ2n) is 6.47. The Kier molecular flexibility index (Phi) is 5.78. The molecular formula is C20H22N4O4. The number of ether oxygens (including phenoxy) is 1. The average molecular weight is 382 g/mol. The van der Waals surface area contributed by atoms with Crippen LogP contribution in [0.3, 0.4) is 0 Å². The van der Waals surface area contributed by atoms with E-state index >= 15 is 0 Å². The van der Waals surface area contributed by atoms with Crippen LogP contribution in [0.15, 0.2) is 48.5 Å². The molecule has 1 atom stereocenters. The van der Waals surface area contributed by atoms with Crippen LogP contribution in [0.1, 0.15) is 13.3 Å². The second kappa shape index (κ2) is 8.43. The van der Waals surface area contributed by atoms with Crippen molar-refractivity contribution in [2.24, 2.45) is 0 Å². The summed E-state index contributed by atoms with van der Waals surface area (Å²) in [6.07, 6.45) is 0.219. The van der Waals surface area contributed by atoms with Crippen molar-refractivity contribution in [2.75, 3.05) is 29.2 Å². The second-order valence-corrected chi connectivity index (χ2v) is 6.47. The number of methoxy groups -OCH3 is 1. The van der Waals surface area contributed by atoms with Crippen molar-refractivity contribution in [1.82, 2.24) is 5.32 Å². The van der Waals surface area contributed by atoms with Crippen molar-refractivity contribution in [3.8, 4) is 5.75 Å². The van der Waals surface area contributed by atoms with Crippen LogP contribution in [0.2, 0.25) is 0 Å². The van der Waals surface area contributed by atoms with Gasteiger partial charge in [0.1, 0.15) is 5.75 Å². The van der Waals surface area contributed by atoms with E-state index in [1.165, 1.54) is 6.92 Å². The molecule has 1 aliphatic rings. The Morgan fingerprint density at radius 3 is 2.50 bits per heavy atom. The maximum Gasteiger partial charge on any atom is 0.319 e. The van der Waals surface area contributed by atoms with E-state index < -0.39 is 6.03 Å². The topological polar surface area (TPSA) is 99.8 Å². The Morgan fingerprint density at radius 2 is 1.79 bits per heavy atom. The summed E-state index contributed by atoms with van der Waals surface area (Å²) in [5.74, 6) is 0.411. The quantitative estimate of drug-likeness (QED) is 0.740. The largest absolute Gasteiger partial charge is 0.497 e. The Morgan fingerprint density at radius 1 is 1.07 bits per heavy atom. The highest BCUT2D eigenvalue weighted by atomic mass is 16.5. The highest BCUT2D eigenvalue weighted by Gasteiger charge is 2.31. The summed E-state index contributed by atoms with van der Waals surface area (Å²) in [5.41, 5.74) is 1.86. The van der Waals surface area contributed by atoms with Crippen molar-refractivity contribution in [3.63, 3.8) is 0 Å². The minimum atomic E-state index is -0.412. The molecule has 8 nitrogen and oxygen atoms in total. The molecule has 28 heavy (non-hydrogen) atoms. The van der Waals surface area contributed by atoms with Gasteiger partial charge in [0.15, 0.2) is 0 Å². The fourth-order valence-corrected chi connectivity index (χ4v) is 3.06. The zero-order valence-electron chi connectivity index (χ0n) is 15.7. The lowest BCUT2D eigenvalue weighted by atomic mass is 10.2. The molecule has 0 aromatic heterocycles. The van der Waals surface area contributed by atoms with Crippen molar-refractivity contribution < 1.29 is 19.1 Å². The minimum absolute atomic E-state index is 0.0637. The standard InChI is InChI=1S/C20H22N4O4/c1-13(25)21-14-5-3-6-15(9-14)22-20(27)23-16-10-19(26)24(12-16)17-7-4-8-18(11-17)28-2/h3-9,11,16H,10,12H2,1-2H3,(H,21,25)(H2,22,23,27)/t16-/m1/s1. The third kappa shape index (κ3) is 4.79. The van der Waals surface area contributed by atoms with E-state index in [9.17, 15) is 14.4 Å². The van der Waals surface area contributed by atoms with E-state index in [0.717, 1.165) is 5.69 Å². The first kappa shape index (κ1) is 19.2. The zero-order chi connectivity index (χ0) is 20.1. The Bertz CT molecular complexity index is 899. The van der Waals surface area contributed by atoms with Crippen LogP contribution < -0.4 is 25.6 Å². The van der Waals surface area contributed by atoms with Crippen LogP contribution in [0, 0.1) is 0 Å². The molecule has 4 amide bonds. The number of hydrogen-bond acceptors (Lipinski definition) is 4. The van der Waals surface area contributed by atoms with Gasteiger partial charge in [-0.2, -0.15) is 0 Å². The van der Waals surface area contributed by atoms with Crippen LogP contribution in [0.4, 0.5) is 21.9 Å². The van der Waals surface area contributed by atoms with Gasteiger partial charge >= 0.3 is 6.03 Å². The molecule has 1 fully saturated rings. The van der Waals surface area contributed by atoms with Crippen LogP contribution in [0.5, 0.6) is 5.75 Å². The molecule has 0 spiro atoms. The normalized spacial score (nSPS) is 15.9. The molecule has 3 rings (SSSR count). The van der Waals surface area contributed by atoms with Gasteiger partial charge in [0.05, 0.1) is 13.2 Å². The lowest BCUT2D eigenvalue weighted by molar-refractivity contribution is -0.117. The SMILES string of the molecule is COc1cccc(N2C[C@H](NC(=O)Nc3cccc(NC(C)=O)c3)CC2=O)c1.